The van der Waals surface area contributed by atoms with E-state index in [1.54, 1.807) is 36.4 Å². The Hall–Kier alpha value is -3.06. The number of nitrogens with zero attached hydrogens (tertiary/aromatic N) is 1. The van der Waals surface area contributed by atoms with E-state index in [1.165, 1.54) is 17.0 Å². The van der Waals surface area contributed by atoms with Crippen LogP contribution in [0.2, 0.25) is 0 Å². The van der Waals surface area contributed by atoms with Gasteiger partial charge in [0.05, 0.1) is 6.54 Å². The first kappa shape index (κ1) is 21.2. The Balaban J connectivity index is 1.41. The minimum absolute atomic E-state index is 0.158. The van der Waals surface area contributed by atoms with E-state index in [-0.39, 0.29) is 48.3 Å². The smallest absolute Gasteiger partial charge is 0.251 e. The normalized spacial score (nSPS) is 18.3. The zero-order chi connectivity index (χ0) is 21.8. The molecule has 2 fully saturated rings. The second-order valence-electron chi connectivity index (χ2n) is 8.15. The first-order valence-corrected chi connectivity index (χ1v) is 10.5. The molecule has 2 aliphatic rings. The molecule has 1 N–H and O–H groups in total. The highest BCUT2D eigenvalue weighted by molar-refractivity contribution is 6.01. The van der Waals surface area contributed by atoms with Gasteiger partial charge < -0.3 is 10.1 Å². The van der Waals surface area contributed by atoms with Crippen molar-refractivity contribution < 1.29 is 23.5 Å². The van der Waals surface area contributed by atoms with Crippen LogP contribution in [-0.2, 0) is 26.3 Å². The van der Waals surface area contributed by atoms with Crippen LogP contribution in [0.15, 0.2) is 48.5 Å². The molecule has 162 valence electrons. The molecule has 0 unspecified atom stereocenters. The Morgan fingerprint density at radius 3 is 2.19 bits per heavy atom. The number of carbonyl (C=O) groups excluding carboxylic acids is 3. The van der Waals surface area contributed by atoms with Crippen molar-refractivity contribution in [1.29, 1.82) is 0 Å². The summed E-state index contributed by atoms with van der Waals surface area (Å²) in [6.07, 6.45) is 2.02. The van der Waals surface area contributed by atoms with Crippen molar-refractivity contribution in [3.05, 3.63) is 71.0 Å². The molecule has 0 radical (unpaired) electrons. The molecule has 2 aromatic rings. The number of hydrogen-bond acceptors (Lipinski definition) is 4. The summed E-state index contributed by atoms with van der Waals surface area (Å²) in [7, 11) is 0. The van der Waals surface area contributed by atoms with Crippen LogP contribution < -0.4 is 5.32 Å². The van der Waals surface area contributed by atoms with E-state index >= 15 is 0 Å². The molecular formula is C24H25FN2O4. The topological polar surface area (TPSA) is 75.7 Å². The van der Waals surface area contributed by atoms with E-state index in [0.29, 0.717) is 25.3 Å². The predicted molar refractivity (Wildman–Crippen MR) is 112 cm³/mol. The lowest BCUT2D eigenvalue weighted by Gasteiger charge is -2.38. The number of benzene rings is 2. The molecule has 0 aliphatic carbocycles. The van der Waals surface area contributed by atoms with Crippen molar-refractivity contribution in [3.8, 4) is 0 Å². The third-order valence-electron chi connectivity index (χ3n) is 6.21. The average molecular weight is 424 g/mol. The molecular weight excluding hydrogens is 399 g/mol. The predicted octanol–water partition coefficient (Wildman–Crippen LogP) is 2.95. The van der Waals surface area contributed by atoms with Crippen molar-refractivity contribution in [2.75, 3.05) is 19.8 Å². The Morgan fingerprint density at radius 1 is 0.968 bits per heavy atom. The number of amides is 3. The molecule has 6 nitrogen and oxygen atoms in total. The van der Waals surface area contributed by atoms with Crippen LogP contribution in [0, 0.1) is 5.82 Å². The summed E-state index contributed by atoms with van der Waals surface area (Å²) in [5.41, 5.74) is 2.00. The van der Waals surface area contributed by atoms with Crippen molar-refractivity contribution in [2.24, 2.45) is 0 Å². The molecule has 0 spiro atoms. The number of halogens is 1. The van der Waals surface area contributed by atoms with Crippen molar-refractivity contribution >= 4 is 17.7 Å². The van der Waals surface area contributed by atoms with Gasteiger partial charge >= 0.3 is 0 Å². The van der Waals surface area contributed by atoms with E-state index in [4.69, 9.17) is 4.74 Å². The lowest BCUT2D eigenvalue weighted by Crippen LogP contribution is -2.44. The number of rotatable bonds is 6. The number of nitrogens with one attached hydrogen (secondary N) is 1. The summed E-state index contributed by atoms with van der Waals surface area (Å²) in [6.45, 7) is 1.85. The molecule has 0 aromatic heterocycles. The van der Waals surface area contributed by atoms with Crippen LogP contribution >= 0.6 is 0 Å². The maximum absolute atomic E-state index is 13.4. The lowest BCUT2D eigenvalue weighted by atomic mass is 9.74. The van der Waals surface area contributed by atoms with Gasteiger partial charge in [-0.1, -0.05) is 24.3 Å². The van der Waals surface area contributed by atoms with Gasteiger partial charge in [-0.15, -0.1) is 0 Å². The maximum Gasteiger partial charge on any atom is 0.251 e. The fourth-order valence-corrected chi connectivity index (χ4v) is 4.23. The molecule has 0 bridgehead atoms. The van der Waals surface area contributed by atoms with E-state index in [1.807, 2.05) is 0 Å². The first-order chi connectivity index (χ1) is 15.0. The Morgan fingerprint density at radius 2 is 1.58 bits per heavy atom. The van der Waals surface area contributed by atoms with Gasteiger partial charge in [-0.25, -0.2) is 4.39 Å². The standard InChI is InChI=1S/C24H25FN2O4/c25-20-7-5-19(6-8-20)24(11-13-31-14-12-24)16-26-23(30)18-3-1-17(2-4-18)15-27-21(28)9-10-22(27)29/h1-8H,9-16H2,(H,26,30). The molecule has 3 amide bonds. The van der Waals surface area contributed by atoms with Gasteiger partial charge in [0.2, 0.25) is 11.8 Å². The Bertz CT molecular complexity index is 950. The van der Waals surface area contributed by atoms with Crippen LogP contribution in [0.4, 0.5) is 4.39 Å². The minimum Gasteiger partial charge on any atom is -0.381 e. The SMILES string of the molecule is O=C(NCC1(c2ccc(F)cc2)CCOCC1)c1ccc(CN2C(=O)CCC2=O)cc1. The van der Waals surface area contributed by atoms with E-state index < -0.39 is 0 Å². The van der Waals surface area contributed by atoms with Gasteiger partial charge in [-0.2, -0.15) is 0 Å². The van der Waals surface area contributed by atoms with E-state index in [0.717, 1.165) is 24.0 Å². The van der Waals surface area contributed by atoms with Gasteiger partial charge in [0, 0.05) is 43.6 Å². The molecule has 0 atom stereocenters. The number of ether oxygens (including phenoxy) is 1. The maximum atomic E-state index is 13.4. The molecule has 2 saturated heterocycles. The monoisotopic (exact) mass is 424 g/mol. The number of likely N-dealkylation sites (tertiary alicyclic amines) is 1. The van der Waals surface area contributed by atoms with Gasteiger partial charge in [0.1, 0.15) is 5.82 Å². The lowest BCUT2D eigenvalue weighted by molar-refractivity contribution is -0.139. The summed E-state index contributed by atoms with van der Waals surface area (Å²) in [4.78, 5) is 37.6. The van der Waals surface area contributed by atoms with Gasteiger partial charge in [-0.3, -0.25) is 19.3 Å². The summed E-state index contributed by atoms with van der Waals surface area (Å²) in [6, 6.07) is 13.4. The molecule has 2 aromatic carbocycles. The van der Waals surface area contributed by atoms with Gasteiger partial charge in [0.15, 0.2) is 0 Å². The van der Waals surface area contributed by atoms with Crippen LogP contribution in [0.5, 0.6) is 0 Å². The highest BCUT2D eigenvalue weighted by Crippen LogP contribution is 2.34. The zero-order valence-electron chi connectivity index (χ0n) is 17.2. The van der Waals surface area contributed by atoms with Crippen LogP contribution in [0.25, 0.3) is 0 Å². The molecule has 0 saturated carbocycles. The molecule has 2 aliphatic heterocycles. The third-order valence-corrected chi connectivity index (χ3v) is 6.21. The fraction of sp³-hybridized carbons (Fsp3) is 0.375. The van der Waals surface area contributed by atoms with Crippen molar-refractivity contribution in [1.82, 2.24) is 10.2 Å². The number of carbonyl (C=O) groups is 3. The quantitative estimate of drug-likeness (QED) is 0.724. The summed E-state index contributed by atoms with van der Waals surface area (Å²) in [5.74, 6) is -0.802. The molecule has 31 heavy (non-hydrogen) atoms. The molecule has 4 rings (SSSR count). The Kier molecular flexibility index (Phi) is 6.13. The van der Waals surface area contributed by atoms with Crippen molar-refractivity contribution in [2.45, 2.75) is 37.6 Å². The summed E-state index contributed by atoms with van der Waals surface area (Å²) < 4.78 is 18.9. The van der Waals surface area contributed by atoms with Crippen molar-refractivity contribution in [3.63, 3.8) is 0 Å². The fourth-order valence-electron chi connectivity index (χ4n) is 4.23. The zero-order valence-corrected chi connectivity index (χ0v) is 17.2. The summed E-state index contributed by atoms with van der Waals surface area (Å²) >= 11 is 0. The van der Waals surface area contributed by atoms with Gasteiger partial charge in [0.25, 0.3) is 5.91 Å². The van der Waals surface area contributed by atoms with E-state index in [9.17, 15) is 18.8 Å². The average Bonchev–Trinajstić information content (AvgIpc) is 3.11. The second kappa shape index (κ2) is 8.98. The van der Waals surface area contributed by atoms with Crippen LogP contribution in [0.3, 0.4) is 0 Å². The largest absolute Gasteiger partial charge is 0.381 e. The Labute approximate surface area is 180 Å². The first-order valence-electron chi connectivity index (χ1n) is 10.5. The van der Waals surface area contributed by atoms with E-state index in [2.05, 4.69) is 5.32 Å². The highest BCUT2D eigenvalue weighted by atomic mass is 19.1. The number of hydrogen-bond donors (Lipinski definition) is 1. The van der Waals surface area contributed by atoms with Crippen LogP contribution in [0.1, 0.15) is 47.2 Å². The highest BCUT2D eigenvalue weighted by Gasteiger charge is 2.35. The summed E-state index contributed by atoms with van der Waals surface area (Å²) in [5, 5.41) is 3.02. The number of imide groups is 1. The van der Waals surface area contributed by atoms with Crippen LogP contribution in [-0.4, -0.2) is 42.4 Å². The third kappa shape index (κ3) is 4.66. The molecule has 7 heteroatoms. The second-order valence-corrected chi connectivity index (χ2v) is 8.15. The minimum atomic E-state index is -0.294. The molecule has 2 heterocycles. The van der Waals surface area contributed by atoms with Gasteiger partial charge in [-0.05, 0) is 48.2 Å².